The molecule has 25 heavy (non-hydrogen) atoms. The molecule has 0 spiro atoms. The number of aromatic nitrogens is 4. The van der Waals surface area contributed by atoms with Gasteiger partial charge in [-0.1, -0.05) is 42.8 Å². The predicted octanol–water partition coefficient (Wildman–Crippen LogP) is 3.16. The van der Waals surface area contributed by atoms with Crippen molar-refractivity contribution < 1.29 is 4.79 Å². The van der Waals surface area contributed by atoms with Gasteiger partial charge in [0, 0.05) is 13.1 Å². The van der Waals surface area contributed by atoms with Gasteiger partial charge in [-0.15, -0.1) is 5.10 Å². The summed E-state index contributed by atoms with van der Waals surface area (Å²) in [6.45, 7) is 7.77. The lowest BCUT2D eigenvalue weighted by Crippen LogP contribution is -2.37. The predicted molar refractivity (Wildman–Crippen MR) is 99.0 cm³/mol. The van der Waals surface area contributed by atoms with E-state index in [0.717, 1.165) is 42.7 Å². The van der Waals surface area contributed by atoms with Crippen molar-refractivity contribution in [3.63, 3.8) is 0 Å². The molecule has 0 N–H and O–H groups in total. The first-order chi connectivity index (χ1) is 12.1. The average molecular weight is 359 g/mol. The van der Waals surface area contributed by atoms with Gasteiger partial charge < -0.3 is 4.90 Å². The Labute approximate surface area is 153 Å². The highest BCUT2D eigenvalue weighted by Crippen LogP contribution is 2.27. The van der Waals surface area contributed by atoms with Crippen LogP contribution in [0.1, 0.15) is 43.7 Å². The number of para-hydroxylation sites is 1. The number of likely N-dealkylation sites (tertiary alicyclic amines) is 1. The number of nitrogens with zero attached hydrogens (tertiary/aromatic N) is 5. The van der Waals surface area contributed by atoms with Crippen LogP contribution in [0.15, 0.2) is 23.4 Å². The maximum atomic E-state index is 12.8. The van der Waals surface area contributed by atoms with E-state index in [2.05, 4.69) is 15.5 Å². The second-order valence-corrected chi connectivity index (χ2v) is 7.92. The van der Waals surface area contributed by atoms with Crippen molar-refractivity contribution in [2.24, 2.45) is 0 Å². The lowest BCUT2D eigenvalue weighted by molar-refractivity contribution is -0.130. The molecule has 1 fully saturated rings. The normalized spacial score (nSPS) is 16.5. The smallest absolute Gasteiger partial charge is 0.235 e. The summed E-state index contributed by atoms with van der Waals surface area (Å²) < 4.78 is 1.75. The largest absolute Gasteiger partial charge is 0.342 e. The summed E-state index contributed by atoms with van der Waals surface area (Å²) in [4.78, 5) is 14.8. The monoisotopic (exact) mass is 359 g/mol. The van der Waals surface area contributed by atoms with E-state index in [1.165, 1.54) is 24.6 Å². The van der Waals surface area contributed by atoms with Gasteiger partial charge in [-0.25, -0.2) is 0 Å². The van der Waals surface area contributed by atoms with E-state index >= 15 is 0 Å². The third-order valence-electron chi connectivity index (χ3n) is 4.64. The van der Waals surface area contributed by atoms with Crippen LogP contribution in [0.3, 0.4) is 0 Å². The maximum absolute atomic E-state index is 12.8. The Morgan fingerprint density at radius 2 is 1.76 bits per heavy atom. The minimum absolute atomic E-state index is 0.183. The van der Waals surface area contributed by atoms with Gasteiger partial charge in [-0.05, 0) is 55.2 Å². The Bertz CT molecular complexity index is 717. The molecule has 0 saturated carbocycles. The van der Waals surface area contributed by atoms with Crippen molar-refractivity contribution in [3.05, 3.63) is 29.3 Å². The Hall–Kier alpha value is -1.89. The first-order valence-electron chi connectivity index (χ1n) is 8.88. The zero-order valence-electron chi connectivity index (χ0n) is 15.1. The Morgan fingerprint density at radius 3 is 2.40 bits per heavy atom. The van der Waals surface area contributed by atoms with E-state index < -0.39 is 0 Å². The van der Waals surface area contributed by atoms with Crippen LogP contribution in [0.2, 0.25) is 0 Å². The second-order valence-electron chi connectivity index (χ2n) is 6.61. The van der Waals surface area contributed by atoms with Gasteiger partial charge in [0.1, 0.15) is 0 Å². The first-order valence-corrected chi connectivity index (χ1v) is 9.76. The fourth-order valence-electron chi connectivity index (χ4n) is 3.29. The molecule has 6 nitrogen and oxygen atoms in total. The zero-order chi connectivity index (χ0) is 17.8. The van der Waals surface area contributed by atoms with Gasteiger partial charge in [0.05, 0.1) is 10.9 Å². The highest BCUT2D eigenvalue weighted by Gasteiger charge is 2.25. The third-order valence-corrected chi connectivity index (χ3v) is 5.66. The van der Waals surface area contributed by atoms with Crippen LogP contribution in [0.25, 0.3) is 5.69 Å². The molecule has 2 aromatic rings. The van der Waals surface area contributed by atoms with E-state index in [4.69, 9.17) is 0 Å². The molecule has 134 valence electrons. The molecule has 1 aromatic carbocycles. The van der Waals surface area contributed by atoms with Crippen molar-refractivity contribution in [3.8, 4) is 5.69 Å². The van der Waals surface area contributed by atoms with Crippen molar-refractivity contribution in [2.45, 2.75) is 56.9 Å². The molecular weight excluding hydrogens is 334 g/mol. The summed E-state index contributed by atoms with van der Waals surface area (Å²) in [5.74, 6) is 0.183. The summed E-state index contributed by atoms with van der Waals surface area (Å²) in [5, 5.41) is 12.6. The number of amides is 1. The topological polar surface area (TPSA) is 63.9 Å². The maximum Gasteiger partial charge on any atom is 0.235 e. The number of carbonyl (C=O) groups excluding carboxylic acids is 1. The molecule has 1 aliphatic rings. The molecule has 1 aromatic heterocycles. The van der Waals surface area contributed by atoms with Crippen LogP contribution in [0.5, 0.6) is 0 Å². The van der Waals surface area contributed by atoms with Crippen molar-refractivity contribution in [1.29, 1.82) is 0 Å². The van der Waals surface area contributed by atoms with Crippen molar-refractivity contribution >= 4 is 17.7 Å². The van der Waals surface area contributed by atoms with E-state index in [0.29, 0.717) is 5.16 Å². The van der Waals surface area contributed by atoms with Crippen LogP contribution in [0.4, 0.5) is 0 Å². The van der Waals surface area contributed by atoms with Gasteiger partial charge >= 0.3 is 0 Å². The molecule has 1 amide bonds. The number of hydrogen-bond acceptors (Lipinski definition) is 5. The van der Waals surface area contributed by atoms with E-state index in [1.54, 1.807) is 4.68 Å². The quantitative estimate of drug-likeness (QED) is 0.785. The molecule has 7 heteroatoms. The first kappa shape index (κ1) is 17.9. The number of benzene rings is 1. The standard InChI is InChI=1S/C18H25N5OS/c1-13-9-8-10-14(2)16(13)23-18(19-20-21-23)25-15(3)17(24)22-11-6-4-5-7-12-22/h8-10,15H,4-7,11-12H2,1-3H3. The second kappa shape index (κ2) is 7.99. The van der Waals surface area contributed by atoms with Crippen LogP contribution in [-0.2, 0) is 4.79 Å². The van der Waals surface area contributed by atoms with Crippen LogP contribution >= 0.6 is 11.8 Å². The lowest BCUT2D eigenvalue weighted by atomic mass is 10.1. The minimum Gasteiger partial charge on any atom is -0.342 e. The molecule has 1 saturated heterocycles. The van der Waals surface area contributed by atoms with Crippen LogP contribution < -0.4 is 0 Å². The van der Waals surface area contributed by atoms with Gasteiger partial charge in [-0.2, -0.15) is 4.68 Å². The molecule has 0 bridgehead atoms. The summed E-state index contributed by atoms with van der Waals surface area (Å²) in [5.41, 5.74) is 3.21. The minimum atomic E-state index is -0.202. The highest BCUT2D eigenvalue weighted by atomic mass is 32.2. The van der Waals surface area contributed by atoms with Crippen LogP contribution in [-0.4, -0.2) is 49.4 Å². The third kappa shape index (κ3) is 4.03. The number of carbonyl (C=O) groups is 1. The number of aryl methyl sites for hydroxylation is 2. The van der Waals surface area contributed by atoms with Crippen molar-refractivity contribution in [1.82, 2.24) is 25.1 Å². The molecule has 1 unspecified atom stereocenters. The summed E-state index contributed by atoms with van der Waals surface area (Å²) in [6.07, 6.45) is 4.64. The van der Waals surface area contributed by atoms with Crippen LogP contribution in [0, 0.1) is 13.8 Å². The van der Waals surface area contributed by atoms with Gasteiger partial charge in [0.2, 0.25) is 11.1 Å². The summed E-state index contributed by atoms with van der Waals surface area (Å²) >= 11 is 1.43. The molecule has 2 heterocycles. The highest BCUT2D eigenvalue weighted by molar-refractivity contribution is 8.00. The number of rotatable bonds is 4. The van der Waals surface area contributed by atoms with E-state index in [-0.39, 0.29) is 11.2 Å². The Morgan fingerprint density at radius 1 is 1.12 bits per heavy atom. The zero-order valence-corrected chi connectivity index (χ0v) is 15.9. The SMILES string of the molecule is Cc1cccc(C)c1-n1nnnc1SC(C)C(=O)N1CCCCCC1. The van der Waals surface area contributed by atoms with Crippen molar-refractivity contribution in [2.75, 3.05) is 13.1 Å². The number of thioether (sulfide) groups is 1. The molecule has 0 radical (unpaired) electrons. The Balaban J connectivity index is 1.78. The molecule has 0 aliphatic carbocycles. The fraction of sp³-hybridized carbons (Fsp3) is 0.556. The number of tetrazole rings is 1. The molecule has 3 rings (SSSR count). The van der Waals surface area contributed by atoms with Gasteiger partial charge in [0.25, 0.3) is 0 Å². The Kier molecular flexibility index (Phi) is 5.73. The summed E-state index contributed by atoms with van der Waals surface area (Å²) in [7, 11) is 0. The van der Waals surface area contributed by atoms with Gasteiger partial charge in [-0.3, -0.25) is 4.79 Å². The van der Waals surface area contributed by atoms with Gasteiger partial charge in [0.15, 0.2) is 0 Å². The van der Waals surface area contributed by atoms with E-state index in [1.807, 2.05) is 43.9 Å². The molecule has 1 atom stereocenters. The number of hydrogen-bond donors (Lipinski definition) is 0. The lowest BCUT2D eigenvalue weighted by Gasteiger charge is -2.23. The molecule has 1 aliphatic heterocycles. The van der Waals surface area contributed by atoms with E-state index in [9.17, 15) is 4.79 Å². The average Bonchev–Trinajstić information content (AvgIpc) is 2.86. The molecular formula is C18H25N5OS. The fourth-order valence-corrected chi connectivity index (χ4v) is 4.17. The summed E-state index contributed by atoms with van der Waals surface area (Å²) in [6, 6.07) is 6.12.